The molecule has 0 heterocycles. The lowest BCUT2D eigenvalue weighted by Crippen LogP contribution is -2.04. The van der Waals surface area contributed by atoms with E-state index in [2.05, 4.69) is 0 Å². The lowest BCUT2D eigenvalue weighted by molar-refractivity contribution is -0.137. The number of aliphatic hydroxyl groups is 1. The predicted molar refractivity (Wildman–Crippen MR) is 48.9 cm³/mol. The van der Waals surface area contributed by atoms with Crippen molar-refractivity contribution in [2.75, 3.05) is 0 Å². The highest BCUT2D eigenvalue weighted by Crippen LogP contribution is 2.04. The van der Waals surface area contributed by atoms with E-state index in [4.69, 9.17) is 15.3 Å². The Balaban J connectivity index is 3.49. The SMILES string of the molecule is O=C(O)/C=C/C(O)CCCCC(=O)O. The summed E-state index contributed by atoms with van der Waals surface area (Å²) in [5.41, 5.74) is 0. The first-order chi connectivity index (χ1) is 6.52. The molecule has 5 nitrogen and oxygen atoms in total. The normalized spacial score (nSPS) is 12.9. The third-order valence-electron chi connectivity index (χ3n) is 1.60. The molecule has 1 unspecified atom stereocenters. The Hall–Kier alpha value is -1.36. The molecule has 0 rings (SSSR count). The van der Waals surface area contributed by atoms with Crippen molar-refractivity contribution >= 4 is 11.9 Å². The molecule has 5 heteroatoms. The second kappa shape index (κ2) is 7.08. The maximum atomic E-state index is 10.1. The van der Waals surface area contributed by atoms with Crippen molar-refractivity contribution in [3.8, 4) is 0 Å². The standard InChI is InChI=1S/C9H14O5/c10-7(5-6-9(13)14)3-1-2-4-8(11)12/h5-7,10H,1-4H2,(H,11,12)(H,13,14)/b6-5+. The highest BCUT2D eigenvalue weighted by molar-refractivity contribution is 5.79. The van der Waals surface area contributed by atoms with Crippen LogP contribution in [0.1, 0.15) is 25.7 Å². The van der Waals surface area contributed by atoms with Crippen LogP contribution in [0.2, 0.25) is 0 Å². The third kappa shape index (κ3) is 8.73. The quantitative estimate of drug-likeness (QED) is 0.416. The summed E-state index contributed by atoms with van der Waals surface area (Å²) in [7, 11) is 0. The summed E-state index contributed by atoms with van der Waals surface area (Å²) in [5.74, 6) is -1.96. The summed E-state index contributed by atoms with van der Waals surface area (Å²) in [6, 6.07) is 0. The fourth-order valence-corrected chi connectivity index (χ4v) is 0.919. The minimum absolute atomic E-state index is 0.0787. The maximum Gasteiger partial charge on any atom is 0.328 e. The number of carboxylic acid groups (broad SMARTS) is 2. The third-order valence-corrected chi connectivity index (χ3v) is 1.60. The van der Waals surface area contributed by atoms with Crippen molar-refractivity contribution in [1.82, 2.24) is 0 Å². The van der Waals surface area contributed by atoms with Crippen LogP contribution in [0, 0.1) is 0 Å². The Bertz CT molecular complexity index is 221. The molecule has 0 aromatic rings. The van der Waals surface area contributed by atoms with Crippen molar-refractivity contribution in [1.29, 1.82) is 0 Å². The smallest absolute Gasteiger partial charge is 0.328 e. The van der Waals surface area contributed by atoms with Crippen LogP contribution in [-0.2, 0) is 9.59 Å². The molecular formula is C9H14O5. The van der Waals surface area contributed by atoms with Crippen molar-refractivity contribution in [2.24, 2.45) is 0 Å². The van der Waals surface area contributed by atoms with Gasteiger partial charge < -0.3 is 15.3 Å². The lowest BCUT2D eigenvalue weighted by Gasteiger charge is -2.03. The number of hydrogen-bond donors (Lipinski definition) is 3. The Morgan fingerprint density at radius 2 is 1.86 bits per heavy atom. The van der Waals surface area contributed by atoms with Gasteiger partial charge in [0.25, 0.3) is 0 Å². The second-order valence-electron chi connectivity index (χ2n) is 2.90. The molecule has 0 fully saturated rings. The molecule has 0 saturated carbocycles. The van der Waals surface area contributed by atoms with E-state index >= 15 is 0 Å². The predicted octanol–water partition coefficient (Wildman–Crippen LogP) is 0.633. The average Bonchev–Trinajstić information content (AvgIpc) is 2.08. The summed E-state index contributed by atoms with van der Waals surface area (Å²) >= 11 is 0. The van der Waals surface area contributed by atoms with E-state index in [0.717, 1.165) is 6.08 Å². The molecule has 14 heavy (non-hydrogen) atoms. The van der Waals surface area contributed by atoms with Crippen LogP contribution in [0.5, 0.6) is 0 Å². The van der Waals surface area contributed by atoms with Gasteiger partial charge in [0.15, 0.2) is 0 Å². The van der Waals surface area contributed by atoms with Crippen molar-refractivity contribution < 1.29 is 24.9 Å². The van der Waals surface area contributed by atoms with Gasteiger partial charge in [0.2, 0.25) is 0 Å². The average molecular weight is 202 g/mol. The van der Waals surface area contributed by atoms with Crippen molar-refractivity contribution in [3.63, 3.8) is 0 Å². The number of carbonyl (C=O) groups is 2. The Labute approximate surface area is 81.7 Å². The summed E-state index contributed by atoms with van der Waals surface area (Å²) in [6.45, 7) is 0. The van der Waals surface area contributed by atoms with Crippen LogP contribution >= 0.6 is 0 Å². The largest absolute Gasteiger partial charge is 0.481 e. The van der Waals surface area contributed by atoms with Crippen LogP contribution in [-0.4, -0.2) is 33.4 Å². The van der Waals surface area contributed by atoms with Gasteiger partial charge in [-0.1, -0.05) is 0 Å². The first kappa shape index (κ1) is 12.6. The van der Waals surface area contributed by atoms with Crippen LogP contribution in [0.15, 0.2) is 12.2 Å². The molecule has 0 aliphatic rings. The number of aliphatic carboxylic acids is 2. The Kier molecular flexibility index (Phi) is 6.39. The molecule has 1 atom stereocenters. The fourth-order valence-electron chi connectivity index (χ4n) is 0.919. The van der Waals surface area contributed by atoms with Gasteiger partial charge in [0.05, 0.1) is 6.10 Å². The maximum absolute atomic E-state index is 10.1. The molecule has 0 amide bonds. The van der Waals surface area contributed by atoms with E-state index in [9.17, 15) is 9.59 Å². The Morgan fingerprint density at radius 1 is 1.21 bits per heavy atom. The van der Waals surface area contributed by atoms with E-state index in [0.29, 0.717) is 19.3 Å². The highest BCUT2D eigenvalue weighted by Gasteiger charge is 2.01. The lowest BCUT2D eigenvalue weighted by atomic mass is 10.1. The van der Waals surface area contributed by atoms with E-state index in [1.165, 1.54) is 6.08 Å². The number of aliphatic hydroxyl groups excluding tert-OH is 1. The molecular weight excluding hydrogens is 188 g/mol. The number of carboxylic acids is 2. The van der Waals surface area contributed by atoms with Crippen LogP contribution < -0.4 is 0 Å². The summed E-state index contributed by atoms with van der Waals surface area (Å²) in [6.07, 6.45) is 2.78. The second-order valence-corrected chi connectivity index (χ2v) is 2.90. The molecule has 0 aromatic carbocycles. The van der Waals surface area contributed by atoms with E-state index in [1.54, 1.807) is 0 Å². The van der Waals surface area contributed by atoms with Crippen LogP contribution in [0.25, 0.3) is 0 Å². The molecule has 0 aliphatic carbocycles. The zero-order valence-electron chi connectivity index (χ0n) is 7.72. The molecule has 0 aromatic heterocycles. The highest BCUT2D eigenvalue weighted by atomic mass is 16.4. The van der Waals surface area contributed by atoms with Gasteiger partial charge in [0, 0.05) is 12.5 Å². The monoisotopic (exact) mass is 202 g/mol. The van der Waals surface area contributed by atoms with Crippen LogP contribution in [0.4, 0.5) is 0 Å². The summed E-state index contributed by atoms with van der Waals surface area (Å²) < 4.78 is 0. The zero-order chi connectivity index (χ0) is 11.0. The summed E-state index contributed by atoms with van der Waals surface area (Å²) in [5, 5.41) is 25.7. The number of rotatable bonds is 7. The van der Waals surface area contributed by atoms with Crippen molar-refractivity contribution in [2.45, 2.75) is 31.8 Å². The first-order valence-corrected chi connectivity index (χ1v) is 4.33. The van der Waals surface area contributed by atoms with Gasteiger partial charge >= 0.3 is 11.9 Å². The van der Waals surface area contributed by atoms with Gasteiger partial charge in [-0.2, -0.15) is 0 Å². The fraction of sp³-hybridized carbons (Fsp3) is 0.556. The Morgan fingerprint density at radius 3 is 2.36 bits per heavy atom. The van der Waals surface area contributed by atoms with E-state index in [1.807, 2.05) is 0 Å². The van der Waals surface area contributed by atoms with Gasteiger partial charge in [-0.05, 0) is 25.3 Å². The molecule has 3 N–H and O–H groups in total. The minimum Gasteiger partial charge on any atom is -0.481 e. The number of unbranched alkanes of at least 4 members (excludes halogenated alkanes) is 1. The molecule has 0 bridgehead atoms. The molecule has 80 valence electrons. The summed E-state index contributed by atoms with van der Waals surface area (Å²) in [4.78, 5) is 20.2. The molecule has 0 saturated heterocycles. The zero-order valence-corrected chi connectivity index (χ0v) is 7.72. The van der Waals surface area contributed by atoms with E-state index < -0.39 is 18.0 Å². The molecule has 0 aliphatic heterocycles. The van der Waals surface area contributed by atoms with Gasteiger partial charge in [0.1, 0.15) is 0 Å². The van der Waals surface area contributed by atoms with Crippen LogP contribution in [0.3, 0.4) is 0 Å². The molecule has 0 radical (unpaired) electrons. The van der Waals surface area contributed by atoms with Gasteiger partial charge in [-0.3, -0.25) is 4.79 Å². The van der Waals surface area contributed by atoms with Gasteiger partial charge in [-0.25, -0.2) is 4.79 Å². The number of hydrogen-bond acceptors (Lipinski definition) is 3. The minimum atomic E-state index is -1.10. The topological polar surface area (TPSA) is 94.8 Å². The van der Waals surface area contributed by atoms with Crippen molar-refractivity contribution in [3.05, 3.63) is 12.2 Å². The van der Waals surface area contributed by atoms with E-state index in [-0.39, 0.29) is 6.42 Å². The first-order valence-electron chi connectivity index (χ1n) is 4.33. The van der Waals surface area contributed by atoms with Gasteiger partial charge in [-0.15, -0.1) is 0 Å². The molecule has 0 spiro atoms.